The summed E-state index contributed by atoms with van der Waals surface area (Å²) in [5.74, 6) is 1.63. The van der Waals surface area contributed by atoms with Crippen LogP contribution in [0.1, 0.15) is 20.3 Å². The summed E-state index contributed by atoms with van der Waals surface area (Å²) in [5.41, 5.74) is 5.96. The number of nitrogens with zero attached hydrogens (tertiary/aromatic N) is 1. The lowest BCUT2D eigenvalue weighted by Gasteiger charge is -2.53. The average molecular weight is 154 g/mol. The van der Waals surface area contributed by atoms with E-state index in [0.717, 1.165) is 11.8 Å². The number of hydrogen-bond donors (Lipinski definition) is 1. The van der Waals surface area contributed by atoms with Crippen molar-refractivity contribution in [1.82, 2.24) is 4.90 Å². The van der Waals surface area contributed by atoms with Crippen LogP contribution < -0.4 is 5.73 Å². The lowest BCUT2D eigenvalue weighted by Crippen LogP contribution is -2.63. The summed E-state index contributed by atoms with van der Waals surface area (Å²) in [7, 11) is 0. The van der Waals surface area contributed by atoms with Crippen LogP contribution in [0, 0.1) is 11.8 Å². The van der Waals surface area contributed by atoms with E-state index in [0.29, 0.717) is 12.1 Å². The Morgan fingerprint density at radius 3 is 2.18 bits per heavy atom. The number of nitrogens with two attached hydrogens (primary N) is 1. The molecule has 2 aliphatic heterocycles. The van der Waals surface area contributed by atoms with Crippen molar-refractivity contribution in [2.24, 2.45) is 17.6 Å². The molecule has 64 valence electrons. The molecule has 3 fully saturated rings. The van der Waals surface area contributed by atoms with Crippen molar-refractivity contribution in [3.05, 3.63) is 0 Å². The Kier molecular flexibility index (Phi) is 1.69. The lowest BCUT2D eigenvalue weighted by molar-refractivity contribution is -0.0124. The zero-order valence-corrected chi connectivity index (χ0v) is 7.46. The van der Waals surface area contributed by atoms with E-state index in [1.807, 2.05) is 0 Å². The van der Waals surface area contributed by atoms with Gasteiger partial charge < -0.3 is 10.6 Å². The molecule has 0 unspecified atom stereocenters. The summed E-state index contributed by atoms with van der Waals surface area (Å²) >= 11 is 0. The Hall–Kier alpha value is -0.0800. The van der Waals surface area contributed by atoms with Crippen molar-refractivity contribution in [3.8, 4) is 0 Å². The predicted octanol–water partition coefficient (Wildman–Crippen LogP) is 0.674. The Morgan fingerprint density at radius 1 is 1.27 bits per heavy atom. The fourth-order valence-corrected chi connectivity index (χ4v) is 2.38. The molecule has 2 heteroatoms. The molecule has 2 heterocycles. The van der Waals surface area contributed by atoms with E-state index >= 15 is 0 Å². The molecular formula is C9H18N2. The molecule has 1 saturated carbocycles. The third-order valence-corrected chi connectivity index (χ3v) is 3.36. The van der Waals surface area contributed by atoms with Crippen molar-refractivity contribution in [2.75, 3.05) is 13.1 Å². The smallest absolute Gasteiger partial charge is 0.0120 e. The van der Waals surface area contributed by atoms with E-state index in [-0.39, 0.29) is 0 Å². The minimum Gasteiger partial charge on any atom is -0.327 e. The van der Waals surface area contributed by atoms with E-state index in [1.165, 1.54) is 19.5 Å². The van der Waals surface area contributed by atoms with Crippen LogP contribution in [0.25, 0.3) is 0 Å². The fourth-order valence-electron chi connectivity index (χ4n) is 2.38. The van der Waals surface area contributed by atoms with Gasteiger partial charge in [0.2, 0.25) is 0 Å². The molecule has 3 rings (SSSR count). The number of fused-ring (bicyclic) bond motifs is 2. The lowest BCUT2D eigenvalue weighted by atomic mass is 9.66. The second kappa shape index (κ2) is 2.46. The third kappa shape index (κ3) is 1.09. The van der Waals surface area contributed by atoms with E-state index in [2.05, 4.69) is 18.7 Å². The Labute approximate surface area is 68.7 Å². The molecule has 11 heavy (non-hydrogen) atoms. The highest BCUT2D eigenvalue weighted by atomic mass is 15.2. The van der Waals surface area contributed by atoms with Gasteiger partial charge >= 0.3 is 0 Å². The van der Waals surface area contributed by atoms with Gasteiger partial charge in [-0.05, 0) is 32.1 Å². The minimum atomic E-state index is 0.532. The molecule has 0 aromatic heterocycles. The fraction of sp³-hybridized carbons (Fsp3) is 1.00. The van der Waals surface area contributed by atoms with Crippen LogP contribution in [0.5, 0.6) is 0 Å². The van der Waals surface area contributed by atoms with E-state index in [9.17, 15) is 0 Å². The molecule has 0 radical (unpaired) electrons. The van der Waals surface area contributed by atoms with Gasteiger partial charge in [-0.3, -0.25) is 0 Å². The number of hydrogen-bond acceptors (Lipinski definition) is 2. The highest BCUT2D eigenvalue weighted by Gasteiger charge is 2.44. The quantitative estimate of drug-likeness (QED) is 0.601. The molecule has 3 aliphatic rings. The first kappa shape index (κ1) is 7.56. The summed E-state index contributed by atoms with van der Waals surface area (Å²) in [6.07, 6.45) is 1.39. The molecule has 2 saturated heterocycles. The van der Waals surface area contributed by atoms with Gasteiger partial charge in [-0.1, -0.05) is 0 Å². The normalized spacial score (nSPS) is 44.2. The van der Waals surface area contributed by atoms with E-state index in [4.69, 9.17) is 5.73 Å². The molecule has 2 N–H and O–H groups in total. The molecule has 2 nitrogen and oxygen atoms in total. The van der Waals surface area contributed by atoms with Crippen LogP contribution in [0.3, 0.4) is 0 Å². The van der Waals surface area contributed by atoms with Gasteiger partial charge in [0.1, 0.15) is 0 Å². The number of piperidine rings is 2. The minimum absolute atomic E-state index is 0.532. The monoisotopic (exact) mass is 154 g/mol. The average Bonchev–Trinajstić information content (AvgIpc) is 2.03. The van der Waals surface area contributed by atoms with Gasteiger partial charge in [-0.2, -0.15) is 0 Å². The van der Waals surface area contributed by atoms with E-state index in [1.54, 1.807) is 0 Å². The maximum Gasteiger partial charge on any atom is 0.0120 e. The van der Waals surface area contributed by atoms with Crippen LogP contribution in [0.2, 0.25) is 0 Å². The first-order valence-electron chi connectivity index (χ1n) is 4.68. The molecule has 0 aromatic carbocycles. The molecular weight excluding hydrogens is 136 g/mol. The van der Waals surface area contributed by atoms with Gasteiger partial charge in [0, 0.05) is 25.2 Å². The molecule has 1 aliphatic carbocycles. The summed E-state index contributed by atoms with van der Waals surface area (Å²) < 4.78 is 0. The number of rotatable bonds is 1. The third-order valence-electron chi connectivity index (χ3n) is 3.36. The van der Waals surface area contributed by atoms with Gasteiger partial charge in [0.05, 0.1) is 0 Å². The molecule has 2 bridgehead atoms. The Bertz CT molecular complexity index is 144. The van der Waals surface area contributed by atoms with Crippen LogP contribution in [0.4, 0.5) is 0 Å². The SMILES string of the molecule is CC(C)N1C[C@@H]2C[C@@H](C1)C2N. The standard InChI is InChI=1S/C9H18N2/c1-6(2)11-4-7-3-8(5-11)9(7)10/h6-9H,3-5,10H2,1-2H3/t7-,8-/m0/s1. The van der Waals surface area contributed by atoms with Gasteiger partial charge in [0.15, 0.2) is 0 Å². The summed E-state index contributed by atoms with van der Waals surface area (Å²) in [6.45, 7) is 7.04. The van der Waals surface area contributed by atoms with Crippen molar-refractivity contribution in [3.63, 3.8) is 0 Å². The second-order valence-electron chi connectivity index (χ2n) is 4.38. The molecule has 0 spiro atoms. The van der Waals surface area contributed by atoms with Gasteiger partial charge in [-0.25, -0.2) is 0 Å². The van der Waals surface area contributed by atoms with Crippen LogP contribution in [0.15, 0.2) is 0 Å². The van der Waals surface area contributed by atoms with Crippen molar-refractivity contribution in [2.45, 2.75) is 32.4 Å². The second-order valence-corrected chi connectivity index (χ2v) is 4.38. The zero-order chi connectivity index (χ0) is 8.01. The Morgan fingerprint density at radius 2 is 1.82 bits per heavy atom. The van der Waals surface area contributed by atoms with Gasteiger partial charge in [-0.15, -0.1) is 0 Å². The zero-order valence-electron chi connectivity index (χ0n) is 7.46. The topological polar surface area (TPSA) is 29.3 Å². The molecule has 0 amide bonds. The van der Waals surface area contributed by atoms with Crippen LogP contribution in [-0.4, -0.2) is 30.1 Å². The first-order valence-corrected chi connectivity index (χ1v) is 4.68. The van der Waals surface area contributed by atoms with Crippen LogP contribution >= 0.6 is 0 Å². The Balaban J connectivity index is 1.94. The largest absolute Gasteiger partial charge is 0.327 e. The maximum atomic E-state index is 5.96. The maximum absolute atomic E-state index is 5.96. The summed E-state index contributed by atoms with van der Waals surface area (Å²) in [4.78, 5) is 2.56. The summed E-state index contributed by atoms with van der Waals surface area (Å²) in [6, 6.07) is 1.25. The van der Waals surface area contributed by atoms with Crippen molar-refractivity contribution >= 4 is 0 Å². The highest BCUT2D eigenvalue weighted by molar-refractivity contribution is 5.00. The first-order chi connectivity index (χ1) is 5.18. The van der Waals surface area contributed by atoms with Crippen molar-refractivity contribution < 1.29 is 0 Å². The van der Waals surface area contributed by atoms with Crippen molar-refractivity contribution in [1.29, 1.82) is 0 Å². The van der Waals surface area contributed by atoms with Crippen LogP contribution in [-0.2, 0) is 0 Å². The van der Waals surface area contributed by atoms with Gasteiger partial charge in [0.25, 0.3) is 0 Å². The summed E-state index contributed by atoms with van der Waals surface area (Å²) in [5, 5.41) is 0. The molecule has 2 atom stereocenters. The molecule has 0 aromatic rings. The highest BCUT2D eigenvalue weighted by Crippen LogP contribution is 2.38. The van der Waals surface area contributed by atoms with E-state index < -0.39 is 0 Å². The predicted molar refractivity (Wildman–Crippen MR) is 46.3 cm³/mol.